The van der Waals surface area contributed by atoms with Crippen LogP contribution < -0.4 is 10.6 Å². The van der Waals surface area contributed by atoms with Crippen molar-refractivity contribution in [2.24, 2.45) is 0 Å². The Kier molecular flexibility index (Phi) is 3.69. The van der Waals surface area contributed by atoms with E-state index in [1.165, 1.54) is 10.8 Å². The Hall–Kier alpha value is -2.62. The fraction of sp³-hybridized carbons (Fsp3) is 0.176. The highest BCUT2D eigenvalue weighted by Gasteiger charge is 2.02. The average molecular weight is 278 g/mol. The average Bonchev–Trinajstić information content (AvgIpc) is 2.47. The van der Waals surface area contributed by atoms with Gasteiger partial charge in [0.05, 0.1) is 0 Å². The summed E-state index contributed by atoms with van der Waals surface area (Å²) in [5.41, 5.74) is 1.96. The van der Waals surface area contributed by atoms with Crippen LogP contribution in [0.1, 0.15) is 12.6 Å². The molecule has 0 aliphatic carbocycles. The molecule has 1 heterocycles. The molecule has 2 aromatic carbocycles. The summed E-state index contributed by atoms with van der Waals surface area (Å²) in [5.74, 6) is 1.45. The molecule has 0 atom stereocenters. The van der Waals surface area contributed by atoms with Crippen LogP contribution in [-0.2, 0) is 0 Å². The number of anilines is 3. The van der Waals surface area contributed by atoms with E-state index in [1.54, 1.807) is 0 Å². The van der Waals surface area contributed by atoms with Crippen LogP contribution in [0.3, 0.4) is 0 Å². The van der Waals surface area contributed by atoms with Gasteiger partial charge in [-0.2, -0.15) is 4.98 Å². The van der Waals surface area contributed by atoms with Crippen molar-refractivity contribution in [3.05, 3.63) is 54.2 Å². The minimum absolute atomic E-state index is 0.654. The first-order valence-electron chi connectivity index (χ1n) is 7.10. The summed E-state index contributed by atoms with van der Waals surface area (Å²) < 4.78 is 0. The largest absolute Gasteiger partial charge is 0.354 e. The van der Waals surface area contributed by atoms with Gasteiger partial charge in [0.2, 0.25) is 5.95 Å². The lowest BCUT2D eigenvalue weighted by Gasteiger charge is -2.10. The number of nitrogens with zero attached hydrogens (tertiary/aromatic N) is 2. The number of rotatable bonds is 4. The molecule has 0 aliphatic rings. The van der Waals surface area contributed by atoms with Gasteiger partial charge in [-0.15, -0.1) is 0 Å². The highest BCUT2D eigenvalue weighted by molar-refractivity contribution is 5.86. The van der Waals surface area contributed by atoms with E-state index in [1.807, 2.05) is 32.0 Å². The quantitative estimate of drug-likeness (QED) is 0.754. The Morgan fingerprint density at radius 1 is 0.952 bits per heavy atom. The first-order valence-corrected chi connectivity index (χ1v) is 7.10. The highest BCUT2D eigenvalue weighted by atomic mass is 15.1. The van der Waals surface area contributed by atoms with Crippen LogP contribution in [0.25, 0.3) is 10.8 Å². The van der Waals surface area contributed by atoms with Gasteiger partial charge in [0.15, 0.2) is 0 Å². The van der Waals surface area contributed by atoms with Gasteiger partial charge in [0, 0.05) is 24.0 Å². The fourth-order valence-electron chi connectivity index (χ4n) is 2.28. The van der Waals surface area contributed by atoms with Crippen molar-refractivity contribution in [2.75, 3.05) is 17.2 Å². The molecule has 1 aromatic heterocycles. The van der Waals surface area contributed by atoms with E-state index in [0.29, 0.717) is 5.95 Å². The zero-order valence-electron chi connectivity index (χ0n) is 12.2. The van der Waals surface area contributed by atoms with Gasteiger partial charge in [-0.1, -0.05) is 30.3 Å². The monoisotopic (exact) mass is 278 g/mol. The molecule has 2 N–H and O–H groups in total. The van der Waals surface area contributed by atoms with Crippen molar-refractivity contribution in [1.82, 2.24) is 9.97 Å². The number of hydrogen-bond donors (Lipinski definition) is 2. The van der Waals surface area contributed by atoms with Crippen LogP contribution in [-0.4, -0.2) is 16.5 Å². The summed E-state index contributed by atoms with van der Waals surface area (Å²) >= 11 is 0. The Morgan fingerprint density at radius 2 is 1.76 bits per heavy atom. The van der Waals surface area contributed by atoms with E-state index in [-0.39, 0.29) is 0 Å². The van der Waals surface area contributed by atoms with E-state index in [4.69, 9.17) is 0 Å². The van der Waals surface area contributed by atoms with Crippen LogP contribution in [0.4, 0.5) is 17.5 Å². The van der Waals surface area contributed by atoms with E-state index in [9.17, 15) is 0 Å². The third-order valence-electron chi connectivity index (χ3n) is 3.21. The number of hydrogen-bond acceptors (Lipinski definition) is 4. The molecule has 0 fully saturated rings. The molecular formula is C17H18N4. The lowest BCUT2D eigenvalue weighted by molar-refractivity contribution is 1.05. The second-order valence-corrected chi connectivity index (χ2v) is 4.94. The Bertz CT molecular complexity index is 768. The van der Waals surface area contributed by atoms with Gasteiger partial charge in [-0.3, -0.25) is 0 Å². The molecule has 4 nitrogen and oxygen atoms in total. The maximum absolute atomic E-state index is 4.47. The third kappa shape index (κ3) is 3.11. The van der Waals surface area contributed by atoms with Crippen molar-refractivity contribution < 1.29 is 0 Å². The molecule has 106 valence electrons. The van der Waals surface area contributed by atoms with Gasteiger partial charge in [-0.25, -0.2) is 4.98 Å². The number of nitrogens with one attached hydrogen (secondary N) is 2. The molecule has 3 aromatic rings. The molecule has 0 bridgehead atoms. The molecule has 3 rings (SSSR count). The molecule has 21 heavy (non-hydrogen) atoms. The van der Waals surface area contributed by atoms with Gasteiger partial charge in [0.25, 0.3) is 0 Å². The number of aromatic nitrogens is 2. The minimum Gasteiger partial charge on any atom is -0.354 e. The van der Waals surface area contributed by atoms with Crippen LogP contribution >= 0.6 is 0 Å². The summed E-state index contributed by atoms with van der Waals surface area (Å²) in [5, 5.41) is 8.93. The fourth-order valence-corrected chi connectivity index (χ4v) is 2.28. The Morgan fingerprint density at radius 3 is 2.57 bits per heavy atom. The maximum atomic E-state index is 4.47. The highest BCUT2D eigenvalue weighted by Crippen LogP contribution is 2.22. The first-order chi connectivity index (χ1) is 10.2. The molecular weight excluding hydrogens is 260 g/mol. The molecule has 0 unspecified atom stereocenters. The molecule has 0 aliphatic heterocycles. The molecule has 0 saturated carbocycles. The molecule has 0 spiro atoms. The summed E-state index contributed by atoms with van der Waals surface area (Å²) in [4.78, 5) is 8.82. The zero-order chi connectivity index (χ0) is 14.7. The van der Waals surface area contributed by atoms with Gasteiger partial charge in [0.1, 0.15) is 5.82 Å². The predicted octanol–water partition coefficient (Wildman–Crippen LogP) is 4.11. The number of fused-ring (bicyclic) bond motifs is 1. The van der Waals surface area contributed by atoms with Crippen molar-refractivity contribution >= 4 is 28.2 Å². The SMILES string of the molecule is CCNc1nc(C)cc(Nc2ccc3ccccc3c2)n1. The van der Waals surface area contributed by atoms with Crippen LogP contribution in [0.2, 0.25) is 0 Å². The van der Waals surface area contributed by atoms with Crippen LogP contribution in [0.5, 0.6) is 0 Å². The number of aryl methyl sites for hydroxylation is 1. The Balaban J connectivity index is 1.90. The topological polar surface area (TPSA) is 49.8 Å². The zero-order valence-corrected chi connectivity index (χ0v) is 12.2. The maximum Gasteiger partial charge on any atom is 0.224 e. The van der Waals surface area contributed by atoms with Crippen LogP contribution in [0.15, 0.2) is 48.5 Å². The number of benzene rings is 2. The summed E-state index contributed by atoms with van der Waals surface area (Å²) in [6, 6.07) is 16.5. The second kappa shape index (κ2) is 5.79. The molecule has 0 saturated heterocycles. The van der Waals surface area contributed by atoms with Crippen molar-refractivity contribution in [3.8, 4) is 0 Å². The lowest BCUT2D eigenvalue weighted by Crippen LogP contribution is -2.05. The molecule has 0 radical (unpaired) electrons. The lowest BCUT2D eigenvalue weighted by atomic mass is 10.1. The Labute approximate surface area is 124 Å². The van der Waals surface area contributed by atoms with Gasteiger partial charge in [-0.05, 0) is 36.8 Å². The first kappa shape index (κ1) is 13.4. The van der Waals surface area contributed by atoms with Gasteiger partial charge < -0.3 is 10.6 Å². The smallest absolute Gasteiger partial charge is 0.224 e. The predicted molar refractivity (Wildman–Crippen MR) is 88.2 cm³/mol. The summed E-state index contributed by atoms with van der Waals surface area (Å²) in [6.45, 7) is 4.80. The van der Waals surface area contributed by atoms with E-state index < -0.39 is 0 Å². The van der Waals surface area contributed by atoms with E-state index in [2.05, 4.69) is 50.9 Å². The third-order valence-corrected chi connectivity index (χ3v) is 3.21. The van der Waals surface area contributed by atoms with E-state index in [0.717, 1.165) is 23.7 Å². The molecule has 4 heteroatoms. The van der Waals surface area contributed by atoms with Crippen molar-refractivity contribution in [2.45, 2.75) is 13.8 Å². The van der Waals surface area contributed by atoms with Crippen LogP contribution in [0, 0.1) is 6.92 Å². The normalized spacial score (nSPS) is 10.6. The van der Waals surface area contributed by atoms with Crippen molar-refractivity contribution in [3.63, 3.8) is 0 Å². The van der Waals surface area contributed by atoms with Crippen molar-refractivity contribution in [1.29, 1.82) is 0 Å². The second-order valence-electron chi connectivity index (χ2n) is 4.94. The standard InChI is InChI=1S/C17H18N4/c1-3-18-17-19-12(2)10-16(21-17)20-15-9-8-13-6-4-5-7-14(13)11-15/h4-11H,3H2,1-2H3,(H2,18,19,20,21). The van der Waals surface area contributed by atoms with Gasteiger partial charge >= 0.3 is 0 Å². The van der Waals surface area contributed by atoms with E-state index >= 15 is 0 Å². The summed E-state index contributed by atoms with van der Waals surface area (Å²) in [7, 11) is 0. The molecule has 0 amide bonds. The minimum atomic E-state index is 0.654. The summed E-state index contributed by atoms with van der Waals surface area (Å²) in [6.07, 6.45) is 0.